The smallest absolute Gasteiger partial charge is 0.243 e. The van der Waals surface area contributed by atoms with Crippen LogP contribution in [-0.2, 0) is 14.3 Å². The summed E-state index contributed by atoms with van der Waals surface area (Å²) >= 11 is 0. The van der Waals surface area contributed by atoms with Crippen molar-refractivity contribution in [1.29, 1.82) is 0 Å². The highest BCUT2D eigenvalue weighted by molar-refractivity contribution is 5.92. The average Bonchev–Trinajstić information content (AvgIpc) is 2.44. The van der Waals surface area contributed by atoms with Crippen molar-refractivity contribution >= 4 is 11.8 Å². The van der Waals surface area contributed by atoms with E-state index in [9.17, 15) is 9.59 Å². The van der Waals surface area contributed by atoms with Crippen molar-refractivity contribution in [3.05, 3.63) is 0 Å². The highest BCUT2D eigenvalue weighted by Gasteiger charge is 2.70. The van der Waals surface area contributed by atoms with Crippen LogP contribution in [0.5, 0.6) is 0 Å². The molecule has 0 aromatic rings. The highest BCUT2D eigenvalue weighted by Crippen LogP contribution is 2.57. The molecule has 2 aliphatic rings. The molecular formula is C16H29N3O3. The fourth-order valence-electron chi connectivity index (χ4n) is 3.98. The number of likely N-dealkylation sites (N-methyl/N-ethyl adjacent to an activating group) is 1. The third-order valence-electron chi connectivity index (χ3n) is 5.22. The number of nitrogens with one attached hydrogen (secondary N) is 1. The van der Waals surface area contributed by atoms with E-state index in [0.29, 0.717) is 0 Å². The van der Waals surface area contributed by atoms with Gasteiger partial charge in [-0.25, -0.2) is 0 Å². The first-order valence-electron chi connectivity index (χ1n) is 8.07. The van der Waals surface area contributed by atoms with Crippen molar-refractivity contribution in [1.82, 2.24) is 10.2 Å². The first-order valence-corrected chi connectivity index (χ1v) is 8.07. The molecule has 126 valence electrons. The minimum absolute atomic E-state index is 0.0320. The molecule has 0 aromatic heterocycles. The van der Waals surface area contributed by atoms with E-state index in [2.05, 4.69) is 5.32 Å². The lowest BCUT2D eigenvalue weighted by molar-refractivity contribution is -0.229. The molecular weight excluding hydrogens is 282 g/mol. The van der Waals surface area contributed by atoms with Gasteiger partial charge in [0.25, 0.3) is 0 Å². The molecule has 0 radical (unpaired) electrons. The summed E-state index contributed by atoms with van der Waals surface area (Å²) in [5.74, 6) is -0.287. The number of nitrogens with zero attached hydrogens (tertiary/aromatic N) is 1. The van der Waals surface area contributed by atoms with E-state index in [0.717, 1.165) is 19.4 Å². The lowest BCUT2D eigenvalue weighted by Gasteiger charge is -2.65. The van der Waals surface area contributed by atoms with E-state index >= 15 is 0 Å². The van der Waals surface area contributed by atoms with Crippen LogP contribution in [0.3, 0.4) is 0 Å². The van der Waals surface area contributed by atoms with Gasteiger partial charge in [0.2, 0.25) is 11.8 Å². The Bertz CT molecular complexity index is 464. The summed E-state index contributed by atoms with van der Waals surface area (Å²) < 4.78 is 5.82. The van der Waals surface area contributed by atoms with Gasteiger partial charge in [0.05, 0.1) is 12.6 Å². The summed E-state index contributed by atoms with van der Waals surface area (Å²) in [6.07, 6.45) is 1.87. The molecule has 1 aliphatic carbocycles. The zero-order chi connectivity index (χ0) is 16.7. The Morgan fingerprint density at radius 2 is 2.05 bits per heavy atom. The Hall–Kier alpha value is -1.14. The quantitative estimate of drug-likeness (QED) is 0.792. The monoisotopic (exact) mass is 311 g/mol. The number of carbonyl (C=O) groups is 2. The number of hydrogen-bond donors (Lipinski definition) is 2. The topological polar surface area (TPSA) is 84.7 Å². The molecule has 0 bridgehead atoms. The summed E-state index contributed by atoms with van der Waals surface area (Å²) in [5, 5.41) is 2.79. The number of fused-ring (bicyclic) bond motifs is 1. The van der Waals surface area contributed by atoms with Gasteiger partial charge in [-0.2, -0.15) is 0 Å². The molecule has 1 heterocycles. The molecule has 3 atom stereocenters. The van der Waals surface area contributed by atoms with Crippen LogP contribution >= 0.6 is 0 Å². The van der Waals surface area contributed by atoms with E-state index in [-0.39, 0.29) is 36.4 Å². The first-order chi connectivity index (χ1) is 10.1. The number of amides is 2. The van der Waals surface area contributed by atoms with Crippen LogP contribution in [0.1, 0.15) is 40.5 Å². The second-order valence-corrected chi connectivity index (χ2v) is 7.51. The standard InChI is InChI=1S/C16H29N3O3/c1-10(2)18-12(20)9-19(5)14(21)16(17)11-7-6-8-22-13(11)15(16,3)4/h10-11,13H,6-9,17H2,1-5H3,(H,18,20). The largest absolute Gasteiger partial charge is 0.377 e. The maximum atomic E-state index is 12.9. The molecule has 6 nitrogen and oxygen atoms in total. The van der Waals surface area contributed by atoms with Crippen LogP contribution in [0.15, 0.2) is 0 Å². The Kier molecular flexibility index (Phi) is 4.55. The van der Waals surface area contributed by atoms with Crippen LogP contribution in [0.25, 0.3) is 0 Å². The van der Waals surface area contributed by atoms with Gasteiger partial charge in [0, 0.05) is 31.0 Å². The lowest BCUT2D eigenvalue weighted by Crippen LogP contribution is -2.82. The van der Waals surface area contributed by atoms with Crippen molar-refractivity contribution < 1.29 is 14.3 Å². The molecule has 3 N–H and O–H groups in total. The molecule has 2 fully saturated rings. The van der Waals surface area contributed by atoms with Crippen LogP contribution in [0.2, 0.25) is 0 Å². The van der Waals surface area contributed by atoms with E-state index in [1.165, 1.54) is 4.90 Å². The van der Waals surface area contributed by atoms with Gasteiger partial charge in [-0.1, -0.05) is 13.8 Å². The molecule has 1 saturated carbocycles. The molecule has 22 heavy (non-hydrogen) atoms. The first kappa shape index (κ1) is 17.2. The SMILES string of the molecule is CC(C)NC(=O)CN(C)C(=O)C1(N)C2CCCOC2C1(C)C. The molecule has 0 spiro atoms. The van der Waals surface area contributed by atoms with E-state index in [1.807, 2.05) is 27.7 Å². The van der Waals surface area contributed by atoms with E-state index < -0.39 is 11.0 Å². The molecule has 2 rings (SSSR count). The summed E-state index contributed by atoms with van der Waals surface area (Å²) in [4.78, 5) is 26.2. The Balaban J connectivity index is 2.08. The zero-order valence-electron chi connectivity index (χ0n) is 14.3. The van der Waals surface area contributed by atoms with Crippen molar-refractivity contribution in [2.75, 3.05) is 20.2 Å². The van der Waals surface area contributed by atoms with Gasteiger partial charge in [0.15, 0.2) is 0 Å². The fourth-order valence-corrected chi connectivity index (χ4v) is 3.98. The molecule has 2 amide bonds. The minimum atomic E-state index is -0.953. The molecule has 1 aliphatic heterocycles. The van der Waals surface area contributed by atoms with Gasteiger partial charge in [-0.3, -0.25) is 9.59 Å². The highest BCUT2D eigenvalue weighted by atomic mass is 16.5. The number of ether oxygens (including phenoxy) is 1. The molecule has 0 aromatic carbocycles. The van der Waals surface area contributed by atoms with Crippen molar-refractivity contribution in [2.24, 2.45) is 17.1 Å². The van der Waals surface area contributed by atoms with Gasteiger partial charge in [0.1, 0.15) is 5.54 Å². The third kappa shape index (κ3) is 2.52. The Morgan fingerprint density at radius 1 is 1.41 bits per heavy atom. The zero-order valence-corrected chi connectivity index (χ0v) is 14.3. The van der Waals surface area contributed by atoms with E-state index in [1.54, 1.807) is 7.05 Å². The number of rotatable bonds is 4. The van der Waals surface area contributed by atoms with Gasteiger partial charge >= 0.3 is 0 Å². The van der Waals surface area contributed by atoms with Gasteiger partial charge < -0.3 is 20.7 Å². The second kappa shape index (κ2) is 5.81. The molecule has 1 saturated heterocycles. The third-order valence-corrected chi connectivity index (χ3v) is 5.22. The minimum Gasteiger partial charge on any atom is -0.377 e. The van der Waals surface area contributed by atoms with Crippen LogP contribution in [0, 0.1) is 11.3 Å². The second-order valence-electron chi connectivity index (χ2n) is 7.51. The van der Waals surface area contributed by atoms with Crippen LogP contribution in [0.4, 0.5) is 0 Å². The van der Waals surface area contributed by atoms with Crippen molar-refractivity contribution in [3.63, 3.8) is 0 Å². The maximum Gasteiger partial charge on any atom is 0.243 e. The normalized spacial score (nSPS) is 32.9. The predicted octanol–water partition coefficient (Wildman–Crippen LogP) is 0.502. The van der Waals surface area contributed by atoms with E-state index in [4.69, 9.17) is 10.5 Å². The predicted molar refractivity (Wildman–Crippen MR) is 84.1 cm³/mol. The molecule has 3 unspecified atom stereocenters. The van der Waals surface area contributed by atoms with Crippen LogP contribution < -0.4 is 11.1 Å². The van der Waals surface area contributed by atoms with Gasteiger partial charge in [-0.15, -0.1) is 0 Å². The number of carbonyl (C=O) groups excluding carboxylic acids is 2. The number of hydrogen-bond acceptors (Lipinski definition) is 4. The summed E-state index contributed by atoms with van der Waals surface area (Å²) in [7, 11) is 1.64. The van der Waals surface area contributed by atoms with Crippen LogP contribution in [-0.4, -0.2) is 54.6 Å². The van der Waals surface area contributed by atoms with Crippen molar-refractivity contribution in [2.45, 2.75) is 58.2 Å². The van der Waals surface area contributed by atoms with Crippen molar-refractivity contribution in [3.8, 4) is 0 Å². The summed E-state index contributed by atoms with van der Waals surface area (Å²) in [6, 6.07) is 0.0547. The fraction of sp³-hybridized carbons (Fsp3) is 0.875. The maximum absolute atomic E-state index is 12.9. The number of nitrogens with two attached hydrogens (primary N) is 1. The average molecular weight is 311 g/mol. The summed E-state index contributed by atoms with van der Waals surface area (Å²) in [5.41, 5.74) is 5.18. The Labute approximate surface area is 132 Å². The molecule has 6 heteroatoms. The summed E-state index contributed by atoms with van der Waals surface area (Å²) in [6.45, 7) is 8.52. The lowest BCUT2D eigenvalue weighted by atomic mass is 9.46. The van der Waals surface area contributed by atoms with Gasteiger partial charge in [-0.05, 0) is 26.7 Å². The Morgan fingerprint density at radius 3 is 2.64 bits per heavy atom.